The van der Waals surface area contributed by atoms with E-state index in [4.69, 9.17) is 4.74 Å². The van der Waals surface area contributed by atoms with Gasteiger partial charge in [0.25, 0.3) is 5.91 Å². The maximum atomic E-state index is 11.6. The molecule has 0 heterocycles. The van der Waals surface area contributed by atoms with Crippen LogP contribution >= 0.6 is 0 Å². The quantitative estimate of drug-likeness (QED) is 0.827. The lowest BCUT2D eigenvalue weighted by Crippen LogP contribution is -2.43. The van der Waals surface area contributed by atoms with Gasteiger partial charge in [-0.3, -0.25) is 4.79 Å². The highest BCUT2D eigenvalue weighted by atomic mass is 16.5. The first-order valence-corrected chi connectivity index (χ1v) is 6.64. The summed E-state index contributed by atoms with van der Waals surface area (Å²) in [5, 5.41) is 6.11. The Morgan fingerprint density at radius 2 is 2.05 bits per heavy atom. The lowest BCUT2D eigenvalue weighted by Gasteiger charge is -2.20. The molecule has 1 rings (SSSR count). The molecule has 0 aliphatic rings. The van der Waals surface area contributed by atoms with E-state index in [2.05, 4.69) is 17.6 Å². The molecule has 1 aromatic rings. The second kappa shape index (κ2) is 7.14. The highest BCUT2D eigenvalue weighted by Crippen LogP contribution is 2.13. The molecule has 0 fully saturated rings. The molecule has 0 atom stereocenters. The van der Waals surface area contributed by atoms with Crippen molar-refractivity contribution in [2.75, 3.05) is 13.2 Å². The summed E-state index contributed by atoms with van der Waals surface area (Å²) in [6.45, 7) is 9.69. The van der Waals surface area contributed by atoms with E-state index < -0.39 is 0 Å². The third-order valence-corrected chi connectivity index (χ3v) is 2.36. The number of hydrogen-bond acceptors (Lipinski definition) is 3. The second-order valence-corrected chi connectivity index (χ2v) is 5.51. The zero-order valence-corrected chi connectivity index (χ0v) is 12.2. The van der Waals surface area contributed by atoms with Crippen LogP contribution in [-0.2, 0) is 11.3 Å². The van der Waals surface area contributed by atoms with Crippen molar-refractivity contribution in [3.8, 4) is 5.75 Å². The predicted molar refractivity (Wildman–Crippen MR) is 77.2 cm³/mol. The molecule has 0 aliphatic carbocycles. The summed E-state index contributed by atoms with van der Waals surface area (Å²) in [6.07, 6.45) is 0. The zero-order chi connectivity index (χ0) is 14.3. The maximum Gasteiger partial charge on any atom is 0.258 e. The normalized spacial score (nSPS) is 11.2. The van der Waals surface area contributed by atoms with Crippen molar-refractivity contribution in [3.05, 3.63) is 29.8 Å². The van der Waals surface area contributed by atoms with Crippen molar-refractivity contribution < 1.29 is 9.53 Å². The molecule has 0 spiro atoms. The Hall–Kier alpha value is -1.55. The Bertz CT molecular complexity index is 411. The molecule has 19 heavy (non-hydrogen) atoms. The van der Waals surface area contributed by atoms with Crippen LogP contribution in [0.4, 0.5) is 0 Å². The van der Waals surface area contributed by atoms with Crippen LogP contribution in [0.15, 0.2) is 24.3 Å². The van der Waals surface area contributed by atoms with Gasteiger partial charge >= 0.3 is 0 Å². The van der Waals surface area contributed by atoms with Crippen molar-refractivity contribution in [3.63, 3.8) is 0 Å². The van der Waals surface area contributed by atoms with Crippen molar-refractivity contribution in [1.29, 1.82) is 0 Å². The van der Waals surface area contributed by atoms with Gasteiger partial charge in [0.1, 0.15) is 5.75 Å². The third kappa shape index (κ3) is 6.82. The summed E-state index contributed by atoms with van der Waals surface area (Å²) >= 11 is 0. The van der Waals surface area contributed by atoms with Crippen LogP contribution in [0.25, 0.3) is 0 Å². The smallest absolute Gasteiger partial charge is 0.258 e. The highest BCUT2D eigenvalue weighted by Gasteiger charge is 2.13. The summed E-state index contributed by atoms with van der Waals surface area (Å²) in [5.74, 6) is 0.615. The lowest BCUT2D eigenvalue weighted by molar-refractivity contribution is -0.124. The second-order valence-electron chi connectivity index (χ2n) is 5.51. The molecule has 0 unspecified atom stereocenters. The van der Waals surface area contributed by atoms with E-state index in [1.54, 1.807) is 0 Å². The average molecular weight is 264 g/mol. The van der Waals surface area contributed by atoms with Gasteiger partial charge in [0, 0.05) is 12.1 Å². The summed E-state index contributed by atoms with van der Waals surface area (Å²) in [6, 6.07) is 7.78. The molecule has 106 valence electrons. The van der Waals surface area contributed by atoms with Crippen LogP contribution in [0.5, 0.6) is 5.75 Å². The van der Waals surface area contributed by atoms with Crippen LogP contribution in [-0.4, -0.2) is 24.6 Å². The summed E-state index contributed by atoms with van der Waals surface area (Å²) in [5.41, 5.74) is 0.920. The fraction of sp³-hybridized carbons (Fsp3) is 0.533. The van der Waals surface area contributed by atoms with E-state index in [1.165, 1.54) is 0 Å². The van der Waals surface area contributed by atoms with E-state index in [0.717, 1.165) is 24.4 Å². The standard InChI is InChI=1S/C15H24N2O2/c1-5-16-10-12-7-6-8-13(9-12)19-11-14(18)17-15(2,3)4/h6-9,16H,5,10-11H2,1-4H3,(H,17,18). The molecule has 4 heteroatoms. The summed E-state index contributed by atoms with van der Waals surface area (Å²) in [7, 11) is 0. The van der Waals surface area contributed by atoms with Gasteiger partial charge in [-0.15, -0.1) is 0 Å². The molecule has 0 aliphatic heterocycles. The SMILES string of the molecule is CCNCc1cccc(OCC(=O)NC(C)(C)C)c1. The minimum atomic E-state index is -0.229. The molecule has 2 N–H and O–H groups in total. The van der Waals surface area contributed by atoms with Crippen LogP contribution in [0.1, 0.15) is 33.3 Å². The summed E-state index contributed by atoms with van der Waals surface area (Å²) < 4.78 is 5.49. The van der Waals surface area contributed by atoms with Gasteiger partial charge in [-0.05, 0) is 45.0 Å². The Labute approximate surface area is 115 Å². The van der Waals surface area contributed by atoms with Crippen molar-refractivity contribution >= 4 is 5.91 Å². The molecule has 0 bridgehead atoms. The number of carbonyl (C=O) groups is 1. The zero-order valence-electron chi connectivity index (χ0n) is 12.2. The minimum absolute atomic E-state index is 0.0436. The first-order valence-electron chi connectivity index (χ1n) is 6.64. The number of amides is 1. The Morgan fingerprint density at radius 1 is 1.32 bits per heavy atom. The monoisotopic (exact) mass is 264 g/mol. The molecule has 0 saturated carbocycles. The van der Waals surface area contributed by atoms with Crippen LogP contribution in [0.2, 0.25) is 0 Å². The lowest BCUT2D eigenvalue weighted by atomic mass is 10.1. The molecule has 1 aromatic carbocycles. The van der Waals surface area contributed by atoms with Gasteiger partial charge in [0.05, 0.1) is 0 Å². The van der Waals surface area contributed by atoms with Crippen molar-refractivity contribution in [1.82, 2.24) is 10.6 Å². The van der Waals surface area contributed by atoms with E-state index in [1.807, 2.05) is 45.0 Å². The molecule has 1 amide bonds. The number of rotatable bonds is 6. The fourth-order valence-electron chi connectivity index (χ4n) is 1.62. The molecular formula is C15H24N2O2. The van der Waals surface area contributed by atoms with E-state index >= 15 is 0 Å². The number of carbonyl (C=O) groups excluding carboxylic acids is 1. The van der Waals surface area contributed by atoms with Gasteiger partial charge in [-0.1, -0.05) is 19.1 Å². The van der Waals surface area contributed by atoms with Gasteiger partial charge in [0.15, 0.2) is 6.61 Å². The molecule has 0 radical (unpaired) electrons. The number of ether oxygens (including phenoxy) is 1. The third-order valence-electron chi connectivity index (χ3n) is 2.36. The largest absolute Gasteiger partial charge is 0.484 e. The van der Waals surface area contributed by atoms with Gasteiger partial charge in [-0.2, -0.15) is 0 Å². The fourth-order valence-corrected chi connectivity index (χ4v) is 1.62. The van der Waals surface area contributed by atoms with E-state index in [-0.39, 0.29) is 18.1 Å². The van der Waals surface area contributed by atoms with E-state index in [9.17, 15) is 4.79 Å². The van der Waals surface area contributed by atoms with Gasteiger partial charge < -0.3 is 15.4 Å². The van der Waals surface area contributed by atoms with Crippen LogP contribution < -0.4 is 15.4 Å². The molecule has 4 nitrogen and oxygen atoms in total. The van der Waals surface area contributed by atoms with Crippen molar-refractivity contribution in [2.45, 2.75) is 39.8 Å². The highest BCUT2D eigenvalue weighted by molar-refractivity contribution is 5.78. The summed E-state index contributed by atoms with van der Waals surface area (Å²) in [4.78, 5) is 11.6. The number of hydrogen-bond donors (Lipinski definition) is 2. The Morgan fingerprint density at radius 3 is 2.68 bits per heavy atom. The first kappa shape index (κ1) is 15.5. The molecular weight excluding hydrogens is 240 g/mol. The number of nitrogens with one attached hydrogen (secondary N) is 2. The van der Waals surface area contributed by atoms with Crippen molar-refractivity contribution in [2.24, 2.45) is 0 Å². The van der Waals surface area contributed by atoms with E-state index in [0.29, 0.717) is 0 Å². The minimum Gasteiger partial charge on any atom is -0.484 e. The predicted octanol–water partition coefficient (Wildman–Crippen LogP) is 2.09. The Balaban J connectivity index is 2.46. The Kier molecular flexibility index (Phi) is 5.83. The number of benzene rings is 1. The molecule has 0 aromatic heterocycles. The van der Waals surface area contributed by atoms with Gasteiger partial charge in [-0.25, -0.2) is 0 Å². The van der Waals surface area contributed by atoms with Crippen LogP contribution in [0.3, 0.4) is 0 Å². The van der Waals surface area contributed by atoms with Gasteiger partial charge in [0.2, 0.25) is 0 Å². The average Bonchev–Trinajstić information content (AvgIpc) is 2.32. The first-order chi connectivity index (χ1) is 8.90. The topological polar surface area (TPSA) is 50.4 Å². The molecule has 0 saturated heterocycles. The maximum absolute atomic E-state index is 11.6. The van der Waals surface area contributed by atoms with Crippen LogP contribution in [0, 0.1) is 0 Å².